The van der Waals surface area contributed by atoms with Crippen LogP contribution in [0.3, 0.4) is 0 Å². The van der Waals surface area contributed by atoms with Gasteiger partial charge < -0.3 is 4.84 Å². The third kappa shape index (κ3) is 6.68. The molecule has 0 bridgehead atoms. The number of halogens is 1. The smallest absolute Gasteiger partial charge is 0.147 e. The summed E-state index contributed by atoms with van der Waals surface area (Å²) in [6.45, 7) is 0.241. The molecule has 0 saturated carbocycles. The van der Waals surface area contributed by atoms with Crippen molar-refractivity contribution in [2.24, 2.45) is 5.16 Å². The molecule has 1 aromatic carbocycles. The first-order valence-corrected chi connectivity index (χ1v) is 7.12. The minimum absolute atomic E-state index is 0.0824. The van der Waals surface area contributed by atoms with E-state index in [2.05, 4.69) is 5.16 Å². The topological polar surface area (TPSA) is 55.7 Å². The van der Waals surface area contributed by atoms with Crippen molar-refractivity contribution < 1.29 is 17.6 Å². The zero-order valence-electron chi connectivity index (χ0n) is 9.47. The third-order valence-corrected chi connectivity index (χ3v) is 2.93. The van der Waals surface area contributed by atoms with Crippen LogP contribution in [0, 0.1) is 5.82 Å². The second-order valence-electron chi connectivity index (χ2n) is 3.60. The molecule has 0 heterocycles. The van der Waals surface area contributed by atoms with Gasteiger partial charge in [-0.05, 0) is 24.1 Å². The number of rotatable bonds is 6. The molecule has 0 saturated heterocycles. The number of oxime groups is 1. The van der Waals surface area contributed by atoms with Crippen molar-refractivity contribution in [1.82, 2.24) is 0 Å². The molecule has 0 aliphatic carbocycles. The molecule has 0 amide bonds. The molecule has 1 rings (SSSR count). The van der Waals surface area contributed by atoms with E-state index in [9.17, 15) is 12.8 Å². The lowest BCUT2D eigenvalue weighted by Gasteiger charge is -1.98. The fourth-order valence-corrected chi connectivity index (χ4v) is 1.73. The minimum Gasteiger partial charge on any atom is -0.396 e. The van der Waals surface area contributed by atoms with Gasteiger partial charge in [0.1, 0.15) is 22.3 Å². The van der Waals surface area contributed by atoms with E-state index in [0.29, 0.717) is 6.42 Å². The average molecular weight is 259 g/mol. The highest BCUT2D eigenvalue weighted by Crippen LogP contribution is 2.00. The van der Waals surface area contributed by atoms with Crippen molar-refractivity contribution in [3.63, 3.8) is 0 Å². The fraction of sp³-hybridized carbons (Fsp3) is 0.364. The van der Waals surface area contributed by atoms with Crippen molar-refractivity contribution in [1.29, 1.82) is 0 Å². The van der Waals surface area contributed by atoms with Gasteiger partial charge in [-0.1, -0.05) is 17.3 Å². The molecule has 0 fully saturated rings. The van der Waals surface area contributed by atoms with Crippen LogP contribution in [-0.4, -0.2) is 33.2 Å². The first kappa shape index (κ1) is 13.6. The zero-order chi connectivity index (χ0) is 12.7. The Labute approximate surface area is 100 Å². The Morgan fingerprint density at radius 3 is 2.59 bits per heavy atom. The van der Waals surface area contributed by atoms with Crippen molar-refractivity contribution in [2.45, 2.75) is 6.42 Å². The van der Waals surface area contributed by atoms with Crippen LogP contribution >= 0.6 is 0 Å². The summed E-state index contributed by atoms with van der Waals surface area (Å²) < 4.78 is 34.1. The lowest BCUT2D eigenvalue weighted by atomic mass is 10.2. The maximum Gasteiger partial charge on any atom is 0.147 e. The summed E-state index contributed by atoms with van der Waals surface area (Å²) in [5, 5.41) is 3.65. The van der Waals surface area contributed by atoms with Gasteiger partial charge in [-0.3, -0.25) is 0 Å². The molecule has 94 valence electrons. The molecule has 0 aliphatic rings. The van der Waals surface area contributed by atoms with E-state index >= 15 is 0 Å². The van der Waals surface area contributed by atoms with Gasteiger partial charge in [0.2, 0.25) is 0 Å². The van der Waals surface area contributed by atoms with Crippen molar-refractivity contribution in [3.8, 4) is 0 Å². The summed E-state index contributed by atoms with van der Waals surface area (Å²) >= 11 is 0. The van der Waals surface area contributed by atoms with Gasteiger partial charge in [0.15, 0.2) is 0 Å². The first-order chi connectivity index (χ1) is 7.97. The number of hydrogen-bond acceptors (Lipinski definition) is 4. The van der Waals surface area contributed by atoms with E-state index in [1.165, 1.54) is 24.6 Å². The van der Waals surface area contributed by atoms with Crippen LogP contribution in [-0.2, 0) is 14.7 Å². The first-order valence-electron chi connectivity index (χ1n) is 5.06. The number of benzene rings is 1. The highest BCUT2D eigenvalue weighted by molar-refractivity contribution is 7.90. The Morgan fingerprint density at radius 2 is 2.00 bits per heavy atom. The van der Waals surface area contributed by atoms with Gasteiger partial charge in [-0.25, -0.2) is 12.8 Å². The van der Waals surface area contributed by atoms with Crippen LogP contribution in [0.15, 0.2) is 29.4 Å². The van der Waals surface area contributed by atoms with Crippen LogP contribution in [0.25, 0.3) is 0 Å². The monoisotopic (exact) mass is 259 g/mol. The Bertz CT molecular complexity index is 468. The number of hydrogen-bond donors (Lipinski definition) is 0. The number of sulfone groups is 1. The summed E-state index contributed by atoms with van der Waals surface area (Å²) in [6, 6.07) is 5.79. The molecule has 17 heavy (non-hydrogen) atoms. The van der Waals surface area contributed by atoms with Gasteiger partial charge >= 0.3 is 0 Å². The van der Waals surface area contributed by atoms with E-state index in [0.717, 1.165) is 5.56 Å². The molecular formula is C11H14FNO3S. The minimum atomic E-state index is -2.94. The summed E-state index contributed by atoms with van der Waals surface area (Å²) in [6.07, 6.45) is 3.02. The van der Waals surface area contributed by atoms with Crippen molar-refractivity contribution in [2.75, 3.05) is 18.6 Å². The fourth-order valence-electron chi connectivity index (χ4n) is 1.09. The van der Waals surface area contributed by atoms with Gasteiger partial charge in [-0.15, -0.1) is 0 Å². The molecule has 6 heteroatoms. The quantitative estimate of drug-likeness (QED) is 0.443. The Kier molecular flexibility index (Phi) is 5.09. The second-order valence-corrected chi connectivity index (χ2v) is 5.86. The molecule has 0 atom stereocenters. The lowest BCUT2D eigenvalue weighted by Crippen LogP contribution is -2.05. The molecule has 0 spiro atoms. The Morgan fingerprint density at radius 1 is 1.35 bits per heavy atom. The maximum absolute atomic E-state index is 12.6. The third-order valence-electron chi connectivity index (χ3n) is 1.90. The van der Waals surface area contributed by atoms with Crippen LogP contribution < -0.4 is 0 Å². The summed E-state index contributed by atoms with van der Waals surface area (Å²) in [5.41, 5.74) is 0.717. The van der Waals surface area contributed by atoms with Crippen molar-refractivity contribution in [3.05, 3.63) is 35.6 Å². The Hall–Kier alpha value is -1.43. The van der Waals surface area contributed by atoms with Crippen molar-refractivity contribution >= 4 is 16.1 Å². The standard InChI is InChI=1S/C11H14FNO3S/c1-17(14,15)8-2-7-16-13-9-10-3-5-11(12)6-4-10/h3-6,9H,2,7-8H2,1H3/b13-9+. The Balaban J connectivity index is 2.25. The normalized spacial score (nSPS) is 11.9. The largest absolute Gasteiger partial charge is 0.396 e. The summed E-state index contributed by atoms with van der Waals surface area (Å²) in [5.74, 6) is -0.227. The van der Waals surface area contributed by atoms with E-state index in [1.54, 1.807) is 12.1 Å². The van der Waals surface area contributed by atoms with E-state index in [1.807, 2.05) is 0 Å². The van der Waals surface area contributed by atoms with Crippen LogP contribution in [0.5, 0.6) is 0 Å². The highest BCUT2D eigenvalue weighted by Gasteiger charge is 2.00. The van der Waals surface area contributed by atoms with Crippen LogP contribution in [0.1, 0.15) is 12.0 Å². The molecule has 0 N–H and O–H groups in total. The average Bonchev–Trinajstić information content (AvgIpc) is 2.24. The number of nitrogens with zero attached hydrogens (tertiary/aromatic N) is 1. The highest BCUT2D eigenvalue weighted by atomic mass is 32.2. The van der Waals surface area contributed by atoms with E-state index < -0.39 is 9.84 Å². The van der Waals surface area contributed by atoms with Crippen LogP contribution in [0.2, 0.25) is 0 Å². The molecule has 0 aromatic heterocycles. The van der Waals surface area contributed by atoms with Crippen LogP contribution in [0.4, 0.5) is 4.39 Å². The van der Waals surface area contributed by atoms with E-state index in [-0.39, 0.29) is 18.2 Å². The van der Waals surface area contributed by atoms with Gasteiger partial charge in [-0.2, -0.15) is 0 Å². The predicted molar refractivity (Wildman–Crippen MR) is 64.3 cm³/mol. The predicted octanol–water partition coefficient (Wildman–Crippen LogP) is 1.61. The summed E-state index contributed by atoms with van der Waals surface area (Å²) in [4.78, 5) is 4.87. The SMILES string of the molecule is CS(=O)(=O)CCCO/N=C/c1ccc(F)cc1. The molecule has 0 radical (unpaired) electrons. The van der Waals surface area contributed by atoms with E-state index in [4.69, 9.17) is 4.84 Å². The van der Waals surface area contributed by atoms with Gasteiger partial charge in [0, 0.05) is 6.26 Å². The van der Waals surface area contributed by atoms with Gasteiger partial charge in [0.05, 0.1) is 12.0 Å². The molecule has 0 unspecified atom stereocenters. The molecule has 4 nitrogen and oxygen atoms in total. The second kappa shape index (κ2) is 6.34. The molecule has 1 aromatic rings. The lowest BCUT2D eigenvalue weighted by molar-refractivity contribution is 0.147. The maximum atomic E-state index is 12.6. The van der Waals surface area contributed by atoms with Gasteiger partial charge in [0.25, 0.3) is 0 Å². The summed E-state index contributed by atoms with van der Waals surface area (Å²) in [7, 11) is -2.94. The molecule has 0 aliphatic heterocycles. The zero-order valence-corrected chi connectivity index (χ0v) is 10.3. The molecular weight excluding hydrogens is 245 g/mol.